The number of aromatic nitrogens is 4. The Morgan fingerprint density at radius 2 is 1.85 bits per heavy atom. The maximum absolute atomic E-state index is 11.9. The van der Waals surface area contributed by atoms with Crippen LogP contribution in [0.3, 0.4) is 0 Å². The number of carbonyl (C=O) groups is 1. The molecule has 2 aromatic heterocycles. The van der Waals surface area contributed by atoms with Gasteiger partial charge in [0.2, 0.25) is 5.95 Å². The lowest BCUT2D eigenvalue weighted by Gasteiger charge is -2.26. The summed E-state index contributed by atoms with van der Waals surface area (Å²) in [5, 5.41) is 19.3. The highest BCUT2D eigenvalue weighted by molar-refractivity contribution is 5.87. The van der Waals surface area contributed by atoms with Gasteiger partial charge >= 0.3 is 6.09 Å². The lowest BCUT2D eigenvalue weighted by molar-refractivity contribution is 0.126. The number of nitrogens with zero attached hydrogens (tertiary/aromatic N) is 4. The van der Waals surface area contributed by atoms with Crippen LogP contribution in [0.2, 0.25) is 0 Å². The van der Waals surface area contributed by atoms with Crippen LogP contribution in [-0.4, -0.2) is 49.5 Å². The summed E-state index contributed by atoms with van der Waals surface area (Å²) in [6.45, 7) is 7.14. The SMILES string of the molecule is CCn1cnc2c(Nc3ccc(NC(=O)OCC(C)C)cc3)nc(NC3CCC(O)CC3)nc21. The van der Waals surface area contributed by atoms with E-state index < -0.39 is 6.09 Å². The van der Waals surface area contributed by atoms with E-state index >= 15 is 0 Å². The van der Waals surface area contributed by atoms with Crippen LogP contribution in [0.5, 0.6) is 0 Å². The molecule has 34 heavy (non-hydrogen) atoms. The molecule has 10 heteroatoms. The maximum atomic E-state index is 11.9. The molecule has 1 fully saturated rings. The number of carbonyl (C=O) groups excluding carboxylic acids is 1. The Hall–Kier alpha value is -3.40. The number of ether oxygens (including phenoxy) is 1. The number of nitrogens with one attached hydrogen (secondary N) is 3. The largest absolute Gasteiger partial charge is 0.449 e. The number of fused-ring (bicyclic) bond motifs is 1. The van der Waals surface area contributed by atoms with Crippen LogP contribution in [0, 0.1) is 5.92 Å². The Morgan fingerprint density at radius 1 is 1.15 bits per heavy atom. The predicted octanol–water partition coefficient (Wildman–Crippen LogP) is 4.51. The van der Waals surface area contributed by atoms with Gasteiger partial charge in [0.1, 0.15) is 0 Å². The third-order valence-corrected chi connectivity index (χ3v) is 5.78. The first-order valence-corrected chi connectivity index (χ1v) is 11.9. The fraction of sp³-hybridized carbons (Fsp3) is 0.500. The molecule has 0 spiro atoms. The molecule has 10 nitrogen and oxygen atoms in total. The van der Waals surface area contributed by atoms with Gasteiger partial charge in [-0.05, 0) is 62.8 Å². The third-order valence-electron chi connectivity index (χ3n) is 5.78. The van der Waals surface area contributed by atoms with Gasteiger partial charge in [0.15, 0.2) is 17.0 Å². The second-order valence-electron chi connectivity index (χ2n) is 9.07. The van der Waals surface area contributed by atoms with Crippen molar-refractivity contribution in [3.05, 3.63) is 30.6 Å². The number of benzene rings is 1. The fourth-order valence-electron chi connectivity index (χ4n) is 3.90. The molecule has 1 saturated carbocycles. The van der Waals surface area contributed by atoms with Crippen LogP contribution in [-0.2, 0) is 11.3 Å². The molecule has 4 N–H and O–H groups in total. The molecule has 1 aliphatic rings. The molecular formula is C24H33N7O3. The quantitative estimate of drug-likeness (QED) is 0.381. The highest BCUT2D eigenvalue weighted by Gasteiger charge is 2.21. The molecule has 2 heterocycles. The zero-order valence-corrected chi connectivity index (χ0v) is 19.9. The summed E-state index contributed by atoms with van der Waals surface area (Å²) in [5.74, 6) is 1.42. The van der Waals surface area contributed by atoms with Crippen LogP contribution in [0.4, 0.5) is 27.9 Å². The number of amides is 1. The number of imidazole rings is 1. The second kappa shape index (κ2) is 10.7. The number of aliphatic hydroxyl groups is 1. The van der Waals surface area contributed by atoms with E-state index in [0.717, 1.165) is 43.6 Å². The Balaban J connectivity index is 1.50. The van der Waals surface area contributed by atoms with Crippen molar-refractivity contribution in [3.8, 4) is 0 Å². The van der Waals surface area contributed by atoms with E-state index in [1.54, 1.807) is 18.5 Å². The summed E-state index contributed by atoms with van der Waals surface area (Å²) in [7, 11) is 0. The topological polar surface area (TPSA) is 126 Å². The lowest BCUT2D eigenvalue weighted by atomic mass is 9.93. The van der Waals surface area contributed by atoms with Crippen molar-refractivity contribution in [1.29, 1.82) is 0 Å². The molecule has 0 unspecified atom stereocenters. The number of hydrogen-bond donors (Lipinski definition) is 4. The predicted molar refractivity (Wildman–Crippen MR) is 132 cm³/mol. The van der Waals surface area contributed by atoms with E-state index in [1.165, 1.54) is 0 Å². The van der Waals surface area contributed by atoms with Gasteiger partial charge in [0.05, 0.1) is 19.0 Å². The second-order valence-corrected chi connectivity index (χ2v) is 9.07. The van der Waals surface area contributed by atoms with E-state index in [2.05, 4.69) is 20.9 Å². The molecular weight excluding hydrogens is 434 g/mol. The molecule has 1 amide bonds. The molecule has 0 bridgehead atoms. The molecule has 0 radical (unpaired) electrons. The summed E-state index contributed by atoms with van der Waals surface area (Å²) in [6.07, 6.45) is 4.41. The van der Waals surface area contributed by atoms with Crippen LogP contribution in [0.25, 0.3) is 11.2 Å². The highest BCUT2D eigenvalue weighted by Crippen LogP contribution is 2.27. The van der Waals surface area contributed by atoms with E-state index in [9.17, 15) is 9.90 Å². The smallest absolute Gasteiger partial charge is 0.411 e. The van der Waals surface area contributed by atoms with Gasteiger partial charge < -0.3 is 25.0 Å². The Bertz CT molecular complexity index is 1110. The van der Waals surface area contributed by atoms with Crippen molar-refractivity contribution in [2.75, 3.05) is 22.6 Å². The number of aliphatic hydroxyl groups excluding tert-OH is 1. The van der Waals surface area contributed by atoms with Gasteiger partial charge in [-0.25, -0.2) is 9.78 Å². The van der Waals surface area contributed by atoms with Crippen molar-refractivity contribution < 1.29 is 14.6 Å². The van der Waals surface area contributed by atoms with Crippen molar-refractivity contribution in [1.82, 2.24) is 19.5 Å². The first kappa shape index (κ1) is 23.7. The minimum absolute atomic E-state index is 0.213. The molecule has 4 rings (SSSR count). The summed E-state index contributed by atoms with van der Waals surface area (Å²) in [6, 6.07) is 7.55. The lowest BCUT2D eigenvalue weighted by Crippen LogP contribution is -2.29. The monoisotopic (exact) mass is 467 g/mol. The number of hydrogen-bond acceptors (Lipinski definition) is 8. The first-order valence-electron chi connectivity index (χ1n) is 11.9. The third kappa shape index (κ3) is 5.93. The van der Waals surface area contributed by atoms with Gasteiger partial charge in [-0.1, -0.05) is 13.8 Å². The molecule has 182 valence electrons. The molecule has 1 aliphatic carbocycles. The minimum atomic E-state index is -0.469. The van der Waals surface area contributed by atoms with Gasteiger partial charge in [-0.2, -0.15) is 9.97 Å². The van der Waals surface area contributed by atoms with Gasteiger partial charge in [0.25, 0.3) is 0 Å². The molecule has 3 aromatic rings. The van der Waals surface area contributed by atoms with Crippen molar-refractivity contribution in [2.45, 2.75) is 65.1 Å². The standard InChI is InChI=1S/C24H33N7O3/c1-4-31-14-25-20-21(29-23(30-22(20)31)27-17-9-11-19(32)12-10-17)26-16-5-7-18(8-6-16)28-24(33)34-13-15(2)3/h5-8,14-15,17,19,32H,4,9-13H2,1-3H3,(H,28,33)(H2,26,27,29,30). The van der Waals surface area contributed by atoms with Gasteiger partial charge in [0, 0.05) is 24.0 Å². The van der Waals surface area contributed by atoms with E-state index in [0.29, 0.717) is 29.6 Å². The van der Waals surface area contributed by atoms with Crippen molar-refractivity contribution in [3.63, 3.8) is 0 Å². The number of rotatable bonds is 8. The number of aryl methyl sites for hydroxylation is 1. The summed E-state index contributed by atoms with van der Waals surface area (Å²) in [5.41, 5.74) is 2.89. The molecule has 0 atom stereocenters. The van der Waals surface area contributed by atoms with E-state index in [4.69, 9.17) is 14.7 Å². The first-order chi connectivity index (χ1) is 16.4. The zero-order chi connectivity index (χ0) is 24.1. The molecule has 0 saturated heterocycles. The van der Waals surface area contributed by atoms with Crippen LogP contribution in [0.1, 0.15) is 46.5 Å². The minimum Gasteiger partial charge on any atom is -0.449 e. The van der Waals surface area contributed by atoms with E-state index in [1.807, 2.05) is 37.5 Å². The summed E-state index contributed by atoms with van der Waals surface area (Å²) < 4.78 is 7.14. The van der Waals surface area contributed by atoms with Gasteiger partial charge in [-0.3, -0.25) is 5.32 Å². The highest BCUT2D eigenvalue weighted by atomic mass is 16.5. The van der Waals surface area contributed by atoms with Crippen LogP contribution < -0.4 is 16.0 Å². The van der Waals surface area contributed by atoms with Crippen molar-refractivity contribution >= 4 is 40.4 Å². The summed E-state index contributed by atoms with van der Waals surface area (Å²) >= 11 is 0. The Kier molecular flexibility index (Phi) is 7.46. The zero-order valence-electron chi connectivity index (χ0n) is 19.9. The normalized spacial score (nSPS) is 18.1. The maximum Gasteiger partial charge on any atom is 0.411 e. The van der Waals surface area contributed by atoms with Gasteiger partial charge in [-0.15, -0.1) is 0 Å². The molecule has 0 aliphatic heterocycles. The average molecular weight is 468 g/mol. The number of anilines is 4. The molecule has 1 aromatic carbocycles. The van der Waals surface area contributed by atoms with Crippen LogP contribution >= 0.6 is 0 Å². The Morgan fingerprint density at radius 3 is 2.53 bits per heavy atom. The fourth-order valence-corrected chi connectivity index (χ4v) is 3.90. The Labute approximate surface area is 199 Å². The van der Waals surface area contributed by atoms with E-state index in [-0.39, 0.29) is 18.1 Å². The summed E-state index contributed by atoms with van der Waals surface area (Å²) in [4.78, 5) is 25.8. The average Bonchev–Trinajstić information content (AvgIpc) is 3.24. The van der Waals surface area contributed by atoms with Crippen molar-refractivity contribution in [2.24, 2.45) is 5.92 Å². The van der Waals surface area contributed by atoms with Crippen LogP contribution in [0.15, 0.2) is 30.6 Å².